The molecule has 0 bridgehead atoms. The lowest BCUT2D eigenvalue weighted by Gasteiger charge is -2.18. The molecule has 3 aromatic heterocycles. The van der Waals surface area contributed by atoms with E-state index in [-0.39, 0.29) is 17.5 Å². The number of halogens is 1. The Morgan fingerprint density at radius 1 is 1.05 bits per heavy atom. The molecule has 0 aliphatic carbocycles. The molecule has 0 unspecified atom stereocenters. The lowest BCUT2D eigenvalue weighted by molar-refractivity contribution is 0.0688. The van der Waals surface area contributed by atoms with Gasteiger partial charge in [0.2, 0.25) is 11.8 Å². The van der Waals surface area contributed by atoms with Gasteiger partial charge in [-0.05, 0) is 57.9 Å². The molecule has 192 valence electrons. The monoisotopic (exact) mass is 521 g/mol. The molecule has 0 fully saturated rings. The molecule has 0 spiro atoms. The largest absolute Gasteiger partial charge is 0.481 e. The minimum atomic E-state index is -1.20. The molecular weight excluding hydrogens is 494 g/mol. The van der Waals surface area contributed by atoms with Gasteiger partial charge in [0.05, 0.1) is 24.2 Å². The summed E-state index contributed by atoms with van der Waals surface area (Å²) in [5.41, 5.74) is 2.65. The average molecular weight is 522 g/mol. The quantitative estimate of drug-likeness (QED) is 0.379. The van der Waals surface area contributed by atoms with Crippen molar-refractivity contribution in [1.82, 2.24) is 24.5 Å². The van der Waals surface area contributed by atoms with E-state index in [0.717, 1.165) is 16.7 Å². The number of hydrogen-bond donors (Lipinski definition) is 1. The molecule has 0 amide bonds. The van der Waals surface area contributed by atoms with Gasteiger partial charge >= 0.3 is 0 Å². The van der Waals surface area contributed by atoms with Gasteiger partial charge in [0.25, 0.3) is 5.56 Å². The number of aromatic nitrogens is 5. The molecule has 0 radical (unpaired) electrons. The highest BCUT2D eigenvalue weighted by atomic mass is 35.5. The van der Waals surface area contributed by atoms with Crippen LogP contribution in [0.2, 0.25) is 5.02 Å². The number of methoxy groups -OCH3 is 1. The summed E-state index contributed by atoms with van der Waals surface area (Å²) in [6, 6.07) is 11.0. The van der Waals surface area contributed by atoms with Crippen LogP contribution in [0.1, 0.15) is 42.3 Å². The van der Waals surface area contributed by atoms with Gasteiger partial charge in [-0.2, -0.15) is 4.98 Å². The van der Waals surface area contributed by atoms with E-state index < -0.39 is 11.2 Å². The van der Waals surface area contributed by atoms with E-state index in [1.54, 1.807) is 45.2 Å². The van der Waals surface area contributed by atoms with Crippen LogP contribution in [0.15, 0.2) is 47.4 Å². The maximum absolute atomic E-state index is 13.4. The number of rotatable bonds is 7. The number of benzene rings is 1. The second-order valence-corrected chi connectivity index (χ2v) is 9.54. The number of aryl methyl sites for hydroxylation is 3. The Hall–Kier alpha value is -3.82. The summed E-state index contributed by atoms with van der Waals surface area (Å²) in [6.45, 7) is 8.83. The van der Waals surface area contributed by atoms with E-state index in [9.17, 15) is 9.90 Å². The summed E-state index contributed by atoms with van der Waals surface area (Å²) in [5, 5.41) is 10.2. The molecular formula is C27H28ClN5O4. The van der Waals surface area contributed by atoms with Crippen molar-refractivity contribution in [1.29, 1.82) is 0 Å². The average Bonchev–Trinajstić information content (AvgIpc) is 2.86. The first-order valence-electron chi connectivity index (χ1n) is 11.6. The maximum Gasteiger partial charge on any atom is 0.280 e. The Labute approximate surface area is 219 Å². The van der Waals surface area contributed by atoms with Gasteiger partial charge in [0.1, 0.15) is 18.0 Å². The summed E-state index contributed by atoms with van der Waals surface area (Å²) < 4.78 is 12.3. The van der Waals surface area contributed by atoms with Crippen LogP contribution in [0.3, 0.4) is 0 Å². The lowest BCUT2D eigenvalue weighted by Crippen LogP contribution is -2.24. The van der Waals surface area contributed by atoms with Crippen LogP contribution in [0, 0.1) is 20.8 Å². The van der Waals surface area contributed by atoms with Crippen molar-refractivity contribution in [2.75, 3.05) is 7.11 Å². The lowest BCUT2D eigenvalue weighted by atomic mass is 10.0. The van der Waals surface area contributed by atoms with E-state index in [1.165, 1.54) is 11.7 Å². The van der Waals surface area contributed by atoms with Crippen molar-refractivity contribution in [3.05, 3.63) is 86.4 Å². The number of pyridine rings is 1. The fourth-order valence-electron chi connectivity index (χ4n) is 3.78. The molecule has 1 N–H and O–H groups in total. The van der Waals surface area contributed by atoms with E-state index in [2.05, 4.69) is 19.9 Å². The molecule has 0 aliphatic rings. The predicted octanol–water partition coefficient (Wildman–Crippen LogP) is 4.48. The van der Waals surface area contributed by atoms with Gasteiger partial charge in [0.15, 0.2) is 10.8 Å². The predicted molar refractivity (Wildman–Crippen MR) is 140 cm³/mol. The second-order valence-electron chi connectivity index (χ2n) is 9.16. The molecule has 0 saturated carbocycles. The Morgan fingerprint density at radius 2 is 1.81 bits per heavy atom. The smallest absolute Gasteiger partial charge is 0.280 e. The Kier molecular flexibility index (Phi) is 7.29. The van der Waals surface area contributed by atoms with Gasteiger partial charge in [-0.15, -0.1) is 0 Å². The fraction of sp³-hybridized carbons (Fsp3) is 0.296. The zero-order chi connectivity index (χ0) is 26.9. The van der Waals surface area contributed by atoms with Gasteiger partial charge < -0.3 is 14.6 Å². The Bertz CT molecular complexity index is 1530. The van der Waals surface area contributed by atoms with Crippen molar-refractivity contribution in [3.8, 4) is 28.7 Å². The topological polar surface area (TPSA) is 112 Å². The van der Waals surface area contributed by atoms with Gasteiger partial charge in [-0.25, -0.2) is 15.0 Å². The first-order chi connectivity index (χ1) is 17.5. The molecule has 4 rings (SSSR count). The first-order valence-corrected chi connectivity index (χ1v) is 12.0. The van der Waals surface area contributed by atoms with Gasteiger partial charge in [0, 0.05) is 17.8 Å². The van der Waals surface area contributed by atoms with Crippen LogP contribution in [0.4, 0.5) is 0 Å². The number of hydrogen-bond acceptors (Lipinski definition) is 8. The van der Waals surface area contributed by atoms with E-state index >= 15 is 0 Å². The SMILES string of the molecule is COc1cccc(COc2nc(C)n(-c3cc(-c4nc(C(C)(C)O)ncc4C)ccc3C)c(=O)c2Cl)n1. The molecule has 3 heterocycles. The van der Waals surface area contributed by atoms with E-state index in [0.29, 0.717) is 34.6 Å². The first kappa shape index (κ1) is 26.2. The molecule has 0 aliphatic heterocycles. The Morgan fingerprint density at radius 3 is 2.51 bits per heavy atom. The summed E-state index contributed by atoms with van der Waals surface area (Å²) in [4.78, 5) is 31.0. The number of aliphatic hydroxyl groups is 1. The highest BCUT2D eigenvalue weighted by Gasteiger charge is 2.22. The van der Waals surface area contributed by atoms with Crippen LogP contribution in [-0.4, -0.2) is 36.7 Å². The fourth-order valence-corrected chi connectivity index (χ4v) is 3.96. The molecule has 10 heteroatoms. The van der Waals surface area contributed by atoms with Crippen molar-refractivity contribution in [2.24, 2.45) is 0 Å². The molecule has 0 atom stereocenters. The zero-order valence-electron chi connectivity index (χ0n) is 21.5. The minimum Gasteiger partial charge on any atom is -0.481 e. The molecule has 1 aromatic carbocycles. The van der Waals surface area contributed by atoms with Gasteiger partial charge in [-0.1, -0.05) is 29.8 Å². The van der Waals surface area contributed by atoms with E-state index in [1.807, 2.05) is 32.0 Å². The summed E-state index contributed by atoms with van der Waals surface area (Å²) in [7, 11) is 1.53. The Balaban J connectivity index is 1.73. The van der Waals surface area contributed by atoms with Crippen molar-refractivity contribution in [3.63, 3.8) is 0 Å². The molecule has 4 aromatic rings. The van der Waals surface area contributed by atoms with Gasteiger partial charge in [-0.3, -0.25) is 9.36 Å². The maximum atomic E-state index is 13.4. The summed E-state index contributed by atoms with van der Waals surface area (Å²) >= 11 is 6.44. The summed E-state index contributed by atoms with van der Waals surface area (Å²) in [5.74, 6) is 1.19. The van der Waals surface area contributed by atoms with Crippen molar-refractivity contribution in [2.45, 2.75) is 46.8 Å². The molecule has 9 nitrogen and oxygen atoms in total. The highest BCUT2D eigenvalue weighted by Crippen LogP contribution is 2.28. The van der Waals surface area contributed by atoms with Crippen LogP contribution in [0.5, 0.6) is 11.8 Å². The van der Waals surface area contributed by atoms with Crippen LogP contribution < -0.4 is 15.0 Å². The van der Waals surface area contributed by atoms with Crippen LogP contribution >= 0.6 is 11.6 Å². The third kappa shape index (κ3) is 5.47. The highest BCUT2D eigenvalue weighted by molar-refractivity contribution is 6.31. The third-order valence-electron chi connectivity index (χ3n) is 5.76. The number of ether oxygens (including phenoxy) is 2. The summed E-state index contributed by atoms with van der Waals surface area (Å²) in [6.07, 6.45) is 1.67. The minimum absolute atomic E-state index is 0.0281. The third-order valence-corrected chi connectivity index (χ3v) is 6.08. The number of nitrogens with zero attached hydrogens (tertiary/aromatic N) is 5. The van der Waals surface area contributed by atoms with Crippen LogP contribution in [0.25, 0.3) is 16.9 Å². The normalized spacial score (nSPS) is 11.5. The van der Waals surface area contributed by atoms with Crippen LogP contribution in [-0.2, 0) is 12.2 Å². The zero-order valence-corrected chi connectivity index (χ0v) is 22.3. The van der Waals surface area contributed by atoms with Crippen molar-refractivity contribution < 1.29 is 14.6 Å². The molecule has 37 heavy (non-hydrogen) atoms. The van der Waals surface area contributed by atoms with Crippen molar-refractivity contribution >= 4 is 11.6 Å². The second kappa shape index (κ2) is 10.3. The molecule has 0 saturated heterocycles. The standard InChI is InChI=1S/C27H28ClN5O4/c1-15-10-11-18(23-16(2)13-29-26(32-23)27(4,5)35)12-20(15)33-17(3)30-24(22(28)25(33)34)37-14-19-8-7-9-21(31-19)36-6/h7-13,35H,14H2,1-6H3. The van der Waals surface area contributed by atoms with E-state index in [4.69, 9.17) is 21.1 Å².